The Morgan fingerprint density at radius 1 is 1.40 bits per heavy atom. The molecular formula is C8H16ClN. The molecule has 0 spiro atoms. The van der Waals surface area contributed by atoms with Gasteiger partial charge in [0, 0.05) is 6.04 Å². The fourth-order valence-corrected chi connectivity index (χ4v) is 2.13. The van der Waals surface area contributed by atoms with E-state index in [9.17, 15) is 0 Å². The summed E-state index contributed by atoms with van der Waals surface area (Å²) < 4.78 is 0. The van der Waals surface area contributed by atoms with Crippen LogP contribution in [0.25, 0.3) is 0 Å². The maximum absolute atomic E-state index is 5.60. The SMILES string of the molecule is CC[C@@H]1CCCCC1NCl. The minimum atomic E-state index is 0.584. The van der Waals surface area contributed by atoms with Gasteiger partial charge in [0.15, 0.2) is 0 Å². The van der Waals surface area contributed by atoms with Crippen molar-refractivity contribution in [1.29, 1.82) is 0 Å². The van der Waals surface area contributed by atoms with E-state index in [1.807, 2.05) is 0 Å². The Hall–Kier alpha value is 0.250. The Morgan fingerprint density at radius 3 is 2.60 bits per heavy atom. The number of nitrogens with one attached hydrogen (secondary N) is 1. The van der Waals surface area contributed by atoms with E-state index in [-0.39, 0.29) is 0 Å². The molecule has 0 aromatic rings. The second kappa shape index (κ2) is 4.20. The van der Waals surface area contributed by atoms with Crippen molar-refractivity contribution in [2.45, 2.75) is 45.1 Å². The van der Waals surface area contributed by atoms with Crippen LogP contribution >= 0.6 is 11.8 Å². The monoisotopic (exact) mass is 161 g/mol. The number of hydrogen-bond acceptors (Lipinski definition) is 1. The summed E-state index contributed by atoms with van der Waals surface area (Å²) in [6.45, 7) is 2.25. The van der Waals surface area contributed by atoms with Crippen LogP contribution in [-0.2, 0) is 0 Å². The van der Waals surface area contributed by atoms with Crippen molar-refractivity contribution in [2.75, 3.05) is 0 Å². The first-order valence-corrected chi connectivity index (χ1v) is 4.62. The molecule has 1 N–H and O–H groups in total. The molecule has 0 radical (unpaired) electrons. The summed E-state index contributed by atoms with van der Waals surface area (Å²) in [6, 6.07) is 0.584. The second-order valence-corrected chi connectivity index (χ2v) is 3.39. The van der Waals surface area contributed by atoms with Crippen LogP contribution in [-0.4, -0.2) is 6.04 Å². The van der Waals surface area contributed by atoms with Crippen LogP contribution in [0.3, 0.4) is 0 Å². The molecule has 0 amide bonds. The first-order chi connectivity index (χ1) is 4.88. The predicted octanol–water partition coefficient (Wildman–Crippen LogP) is 2.70. The van der Waals surface area contributed by atoms with Crippen molar-refractivity contribution in [3.63, 3.8) is 0 Å². The van der Waals surface area contributed by atoms with Crippen LogP contribution in [0, 0.1) is 5.92 Å². The van der Waals surface area contributed by atoms with E-state index < -0.39 is 0 Å². The van der Waals surface area contributed by atoms with E-state index in [1.165, 1.54) is 32.1 Å². The van der Waals surface area contributed by atoms with Crippen LogP contribution < -0.4 is 4.84 Å². The molecule has 0 saturated heterocycles. The largest absolute Gasteiger partial charge is 0.230 e. The zero-order chi connectivity index (χ0) is 7.40. The van der Waals surface area contributed by atoms with Gasteiger partial charge in [-0.1, -0.05) is 26.2 Å². The molecule has 1 fully saturated rings. The summed E-state index contributed by atoms with van der Waals surface area (Å²) in [6.07, 6.45) is 6.64. The highest BCUT2D eigenvalue weighted by Crippen LogP contribution is 2.26. The molecule has 0 bridgehead atoms. The van der Waals surface area contributed by atoms with Gasteiger partial charge in [-0.2, -0.15) is 0 Å². The maximum Gasteiger partial charge on any atom is 0.0249 e. The van der Waals surface area contributed by atoms with Gasteiger partial charge in [0.25, 0.3) is 0 Å². The number of rotatable bonds is 2. The molecule has 2 heteroatoms. The topological polar surface area (TPSA) is 12.0 Å². The van der Waals surface area contributed by atoms with E-state index in [1.54, 1.807) is 0 Å². The molecule has 2 atom stereocenters. The average Bonchev–Trinajstić information content (AvgIpc) is 2.04. The summed E-state index contributed by atoms with van der Waals surface area (Å²) in [5, 5.41) is 0. The van der Waals surface area contributed by atoms with E-state index in [4.69, 9.17) is 11.8 Å². The Morgan fingerprint density at radius 2 is 2.10 bits per heavy atom. The van der Waals surface area contributed by atoms with E-state index in [0.29, 0.717) is 6.04 Å². The van der Waals surface area contributed by atoms with Crippen molar-refractivity contribution in [3.05, 3.63) is 0 Å². The van der Waals surface area contributed by atoms with E-state index in [0.717, 1.165) is 5.92 Å². The number of hydrogen-bond donors (Lipinski definition) is 1. The third kappa shape index (κ3) is 1.86. The zero-order valence-corrected chi connectivity index (χ0v) is 7.32. The van der Waals surface area contributed by atoms with Gasteiger partial charge < -0.3 is 0 Å². The molecule has 1 aliphatic rings. The van der Waals surface area contributed by atoms with Gasteiger partial charge in [-0.25, -0.2) is 4.84 Å². The molecule has 0 aliphatic heterocycles. The standard InChI is InChI=1S/C8H16ClN/c1-2-7-5-3-4-6-8(7)10-9/h7-8,10H,2-6H2,1H3/t7-,8?/m1/s1. The van der Waals surface area contributed by atoms with Crippen molar-refractivity contribution < 1.29 is 0 Å². The van der Waals surface area contributed by atoms with Crippen molar-refractivity contribution in [1.82, 2.24) is 4.84 Å². The fraction of sp³-hybridized carbons (Fsp3) is 1.00. The quantitative estimate of drug-likeness (QED) is 0.615. The molecule has 60 valence electrons. The summed E-state index contributed by atoms with van der Waals surface area (Å²) in [4.78, 5) is 2.88. The van der Waals surface area contributed by atoms with Crippen LogP contribution in [0.2, 0.25) is 0 Å². The van der Waals surface area contributed by atoms with Gasteiger partial charge in [-0.05, 0) is 30.5 Å². The Balaban J connectivity index is 2.34. The third-order valence-electron chi connectivity index (χ3n) is 2.57. The molecule has 0 aromatic carbocycles. The summed E-state index contributed by atoms with van der Waals surface area (Å²) in [5.74, 6) is 0.825. The molecule has 1 aliphatic carbocycles. The lowest BCUT2D eigenvalue weighted by atomic mass is 9.83. The lowest BCUT2D eigenvalue weighted by Crippen LogP contribution is -2.32. The Kier molecular flexibility index (Phi) is 3.50. The van der Waals surface area contributed by atoms with E-state index >= 15 is 0 Å². The van der Waals surface area contributed by atoms with Crippen molar-refractivity contribution in [2.24, 2.45) is 5.92 Å². The minimum absolute atomic E-state index is 0.584. The second-order valence-electron chi connectivity index (χ2n) is 3.17. The first-order valence-electron chi connectivity index (χ1n) is 4.24. The first kappa shape index (κ1) is 8.35. The predicted molar refractivity (Wildman–Crippen MR) is 45.0 cm³/mol. The van der Waals surface area contributed by atoms with Crippen LogP contribution in [0.5, 0.6) is 0 Å². The molecule has 1 rings (SSSR count). The highest BCUT2D eigenvalue weighted by atomic mass is 35.5. The van der Waals surface area contributed by atoms with Crippen molar-refractivity contribution in [3.8, 4) is 0 Å². The Bertz CT molecular complexity index is 83.3. The van der Waals surface area contributed by atoms with E-state index in [2.05, 4.69) is 11.8 Å². The summed E-state index contributed by atoms with van der Waals surface area (Å²) in [7, 11) is 0. The lowest BCUT2D eigenvalue weighted by molar-refractivity contribution is 0.285. The smallest absolute Gasteiger partial charge is 0.0249 e. The minimum Gasteiger partial charge on any atom is -0.230 e. The van der Waals surface area contributed by atoms with Gasteiger partial charge in [-0.3, -0.25) is 0 Å². The highest BCUT2D eigenvalue weighted by molar-refractivity contribution is 6.13. The molecule has 1 saturated carbocycles. The molecule has 1 nitrogen and oxygen atoms in total. The van der Waals surface area contributed by atoms with Gasteiger partial charge in [0.2, 0.25) is 0 Å². The van der Waals surface area contributed by atoms with Gasteiger partial charge >= 0.3 is 0 Å². The Labute approximate surface area is 68.3 Å². The third-order valence-corrected chi connectivity index (χ3v) is 2.85. The molecule has 0 aromatic heterocycles. The van der Waals surface area contributed by atoms with Crippen LogP contribution in [0.1, 0.15) is 39.0 Å². The molecule has 0 heterocycles. The lowest BCUT2D eigenvalue weighted by Gasteiger charge is -2.29. The van der Waals surface area contributed by atoms with Crippen molar-refractivity contribution >= 4 is 11.8 Å². The number of halogens is 1. The zero-order valence-electron chi connectivity index (χ0n) is 6.57. The van der Waals surface area contributed by atoms with Gasteiger partial charge in [0.1, 0.15) is 0 Å². The highest BCUT2D eigenvalue weighted by Gasteiger charge is 2.22. The fourth-order valence-electron chi connectivity index (χ4n) is 1.84. The molecular weight excluding hydrogens is 146 g/mol. The van der Waals surface area contributed by atoms with Crippen LogP contribution in [0.15, 0.2) is 0 Å². The normalized spacial score (nSPS) is 34.2. The average molecular weight is 162 g/mol. The summed E-state index contributed by atoms with van der Waals surface area (Å²) >= 11 is 5.60. The van der Waals surface area contributed by atoms with Crippen LogP contribution in [0.4, 0.5) is 0 Å². The van der Waals surface area contributed by atoms with Gasteiger partial charge in [0.05, 0.1) is 0 Å². The maximum atomic E-state index is 5.60. The van der Waals surface area contributed by atoms with Gasteiger partial charge in [-0.15, -0.1) is 0 Å². The molecule has 10 heavy (non-hydrogen) atoms. The molecule has 1 unspecified atom stereocenters. The summed E-state index contributed by atoms with van der Waals surface area (Å²) in [5.41, 5.74) is 0.